The lowest BCUT2D eigenvalue weighted by Gasteiger charge is -2.20. The molecule has 0 bridgehead atoms. The summed E-state index contributed by atoms with van der Waals surface area (Å²) >= 11 is 0. The molecule has 2 heterocycles. The molecule has 7 nitrogen and oxygen atoms in total. The predicted molar refractivity (Wildman–Crippen MR) is 94.8 cm³/mol. The number of rotatable bonds is 5. The number of hydrogen-bond donors (Lipinski definition) is 0. The fraction of sp³-hybridized carbons (Fsp3) is 0.263. The molecule has 4 rings (SSSR count). The van der Waals surface area contributed by atoms with Crippen LogP contribution in [-0.4, -0.2) is 42.6 Å². The van der Waals surface area contributed by atoms with Crippen molar-refractivity contribution in [1.82, 2.24) is 5.01 Å². The van der Waals surface area contributed by atoms with Gasteiger partial charge in [-0.2, -0.15) is 5.11 Å². The van der Waals surface area contributed by atoms with Crippen LogP contribution in [0.2, 0.25) is 0 Å². The number of amides is 2. The van der Waals surface area contributed by atoms with Gasteiger partial charge >= 0.3 is 0 Å². The lowest BCUT2D eigenvalue weighted by atomic mass is 10.1. The Morgan fingerprint density at radius 1 is 1.00 bits per heavy atom. The van der Waals surface area contributed by atoms with Crippen LogP contribution >= 0.6 is 0 Å². The van der Waals surface area contributed by atoms with Crippen molar-refractivity contribution < 1.29 is 14.3 Å². The molecule has 7 heteroatoms. The summed E-state index contributed by atoms with van der Waals surface area (Å²) in [5.41, 5.74) is 1.67. The molecule has 0 N–H and O–H groups in total. The van der Waals surface area contributed by atoms with Crippen molar-refractivity contribution in [3.63, 3.8) is 0 Å². The van der Waals surface area contributed by atoms with Crippen LogP contribution < -0.4 is 9.64 Å². The number of benzene rings is 2. The first-order chi connectivity index (χ1) is 12.7. The second kappa shape index (κ2) is 6.59. The minimum Gasteiger partial charge on any atom is -0.497 e. The molecule has 1 saturated heterocycles. The van der Waals surface area contributed by atoms with Gasteiger partial charge < -0.3 is 4.74 Å². The largest absolute Gasteiger partial charge is 0.497 e. The Hall–Kier alpha value is -3.22. The van der Waals surface area contributed by atoms with E-state index in [4.69, 9.17) is 4.74 Å². The summed E-state index contributed by atoms with van der Waals surface area (Å²) in [7, 11) is 1.63. The smallest absolute Gasteiger partial charge is 0.263 e. The third kappa shape index (κ3) is 2.71. The van der Waals surface area contributed by atoms with Gasteiger partial charge in [0.1, 0.15) is 5.75 Å². The molecule has 26 heavy (non-hydrogen) atoms. The van der Waals surface area contributed by atoms with Gasteiger partial charge in [0.25, 0.3) is 11.8 Å². The van der Waals surface area contributed by atoms with Crippen LogP contribution in [0.5, 0.6) is 5.75 Å². The van der Waals surface area contributed by atoms with Crippen LogP contribution in [0.1, 0.15) is 5.56 Å². The zero-order chi connectivity index (χ0) is 18.1. The van der Waals surface area contributed by atoms with Gasteiger partial charge in [-0.25, -0.2) is 4.90 Å². The summed E-state index contributed by atoms with van der Waals surface area (Å²) < 4.78 is 5.15. The first-order valence-corrected chi connectivity index (χ1v) is 8.42. The molecule has 0 radical (unpaired) electrons. The molecule has 0 saturated carbocycles. The van der Waals surface area contributed by atoms with Gasteiger partial charge in [0.05, 0.1) is 12.8 Å². The van der Waals surface area contributed by atoms with E-state index in [1.54, 1.807) is 36.4 Å². The Bertz CT molecular complexity index is 851. The minimum absolute atomic E-state index is 0.272. The summed E-state index contributed by atoms with van der Waals surface area (Å²) in [5, 5.41) is 9.73. The third-order valence-corrected chi connectivity index (χ3v) is 4.66. The van der Waals surface area contributed by atoms with Crippen LogP contribution in [0.25, 0.3) is 0 Å². The highest BCUT2D eigenvalue weighted by Crippen LogP contribution is 2.31. The van der Waals surface area contributed by atoms with Crippen molar-refractivity contribution in [3.05, 3.63) is 60.2 Å². The van der Waals surface area contributed by atoms with E-state index >= 15 is 0 Å². The summed E-state index contributed by atoms with van der Waals surface area (Å²) in [4.78, 5) is 26.6. The summed E-state index contributed by atoms with van der Waals surface area (Å²) in [5.74, 6) is 0.206. The number of carbonyl (C=O) groups excluding carboxylic acids is 2. The highest BCUT2D eigenvalue weighted by atomic mass is 16.5. The number of imide groups is 1. The third-order valence-electron chi connectivity index (χ3n) is 4.66. The van der Waals surface area contributed by atoms with E-state index in [1.807, 2.05) is 30.3 Å². The van der Waals surface area contributed by atoms with Crippen molar-refractivity contribution >= 4 is 17.5 Å². The van der Waals surface area contributed by atoms with Crippen molar-refractivity contribution in [2.75, 3.05) is 18.6 Å². The van der Waals surface area contributed by atoms with Gasteiger partial charge in [0.15, 0.2) is 12.1 Å². The van der Waals surface area contributed by atoms with Gasteiger partial charge in [-0.05, 0) is 36.2 Å². The Morgan fingerprint density at radius 2 is 1.73 bits per heavy atom. The summed E-state index contributed by atoms with van der Waals surface area (Å²) in [6.45, 7) is 0.513. The van der Waals surface area contributed by atoms with Crippen molar-refractivity contribution in [1.29, 1.82) is 0 Å². The lowest BCUT2D eigenvalue weighted by Crippen LogP contribution is -2.40. The number of anilines is 1. The van der Waals surface area contributed by atoms with Gasteiger partial charge in [-0.1, -0.05) is 35.6 Å². The summed E-state index contributed by atoms with van der Waals surface area (Å²) in [6, 6.07) is 15.3. The lowest BCUT2D eigenvalue weighted by molar-refractivity contribution is -0.123. The fourth-order valence-corrected chi connectivity index (χ4v) is 3.28. The first kappa shape index (κ1) is 16.3. The van der Waals surface area contributed by atoms with Gasteiger partial charge in [0, 0.05) is 6.54 Å². The van der Waals surface area contributed by atoms with Crippen molar-refractivity contribution in [2.24, 2.45) is 10.3 Å². The Morgan fingerprint density at radius 3 is 2.42 bits per heavy atom. The zero-order valence-corrected chi connectivity index (χ0v) is 14.3. The Kier molecular flexibility index (Phi) is 4.12. The Balaban J connectivity index is 1.48. The number of para-hydroxylation sites is 1. The van der Waals surface area contributed by atoms with Crippen LogP contribution in [0, 0.1) is 0 Å². The van der Waals surface area contributed by atoms with E-state index in [1.165, 1.54) is 4.90 Å². The van der Waals surface area contributed by atoms with Gasteiger partial charge in [-0.15, -0.1) is 0 Å². The molecular weight excluding hydrogens is 332 g/mol. The molecule has 2 atom stereocenters. The number of carbonyl (C=O) groups is 2. The van der Waals surface area contributed by atoms with Crippen LogP contribution in [0.4, 0.5) is 5.69 Å². The van der Waals surface area contributed by atoms with Gasteiger partial charge in [0.2, 0.25) is 0 Å². The van der Waals surface area contributed by atoms with E-state index < -0.39 is 12.1 Å². The molecular formula is C19H18N4O3. The predicted octanol–water partition coefficient (Wildman–Crippen LogP) is 2.23. The monoisotopic (exact) mass is 350 g/mol. The molecule has 0 spiro atoms. The summed E-state index contributed by atoms with van der Waals surface area (Å²) in [6.07, 6.45) is 0.693. The number of ether oxygens (including phenoxy) is 1. The van der Waals surface area contributed by atoms with Crippen LogP contribution in [-0.2, 0) is 16.0 Å². The molecule has 2 aliphatic rings. The molecule has 0 aromatic heterocycles. The molecule has 0 aliphatic carbocycles. The second-order valence-corrected chi connectivity index (χ2v) is 6.20. The SMILES string of the molecule is COc1ccc(CCN2N=N[C@@H]3C(=O)N(c4ccccc4)C(=O)[C@H]32)cc1. The maximum atomic E-state index is 12.8. The quantitative estimate of drug-likeness (QED) is 0.775. The second-order valence-electron chi connectivity index (χ2n) is 6.20. The molecule has 132 valence electrons. The Labute approximate surface area is 150 Å². The van der Waals surface area contributed by atoms with Gasteiger partial charge in [-0.3, -0.25) is 14.6 Å². The fourth-order valence-electron chi connectivity index (χ4n) is 3.28. The molecule has 2 aliphatic heterocycles. The number of methoxy groups -OCH3 is 1. The maximum Gasteiger partial charge on any atom is 0.263 e. The normalized spacial score (nSPS) is 21.4. The average Bonchev–Trinajstić information content (AvgIpc) is 3.21. The molecule has 2 aromatic rings. The maximum absolute atomic E-state index is 12.8. The zero-order valence-electron chi connectivity index (χ0n) is 14.3. The molecule has 2 amide bonds. The number of hydrogen-bond acceptors (Lipinski definition) is 6. The topological polar surface area (TPSA) is 74.6 Å². The van der Waals surface area contributed by atoms with Crippen molar-refractivity contribution in [2.45, 2.75) is 18.5 Å². The average molecular weight is 350 g/mol. The molecule has 1 fully saturated rings. The van der Waals surface area contributed by atoms with Crippen LogP contribution in [0.3, 0.4) is 0 Å². The first-order valence-electron chi connectivity index (χ1n) is 8.42. The van der Waals surface area contributed by atoms with E-state index in [-0.39, 0.29) is 11.8 Å². The van der Waals surface area contributed by atoms with Crippen LogP contribution in [0.15, 0.2) is 64.9 Å². The highest BCUT2D eigenvalue weighted by molar-refractivity contribution is 6.25. The highest BCUT2D eigenvalue weighted by Gasteiger charge is 2.54. The van der Waals surface area contributed by atoms with E-state index in [0.29, 0.717) is 18.7 Å². The van der Waals surface area contributed by atoms with E-state index in [0.717, 1.165) is 11.3 Å². The number of nitrogens with zero attached hydrogens (tertiary/aromatic N) is 4. The van der Waals surface area contributed by atoms with E-state index in [9.17, 15) is 9.59 Å². The van der Waals surface area contributed by atoms with E-state index in [2.05, 4.69) is 10.3 Å². The molecule has 0 unspecified atom stereocenters. The minimum atomic E-state index is -0.751. The van der Waals surface area contributed by atoms with Crippen molar-refractivity contribution in [3.8, 4) is 5.75 Å². The molecule has 2 aromatic carbocycles. The standard InChI is InChI=1S/C19H18N4O3/c1-26-15-9-7-13(8-10-15)11-12-22-17-16(20-21-22)18(24)23(19(17)25)14-5-3-2-4-6-14/h2-10,16-17H,11-12H2,1H3/t16-,17-/m0/s1. The number of fused-ring (bicyclic) bond motifs is 1.